The third-order valence-corrected chi connectivity index (χ3v) is 5.19. The number of barbiturate groups is 1. The molecule has 0 spiro atoms. The summed E-state index contributed by atoms with van der Waals surface area (Å²) in [7, 11) is 0. The number of benzene rings is 2. The molecule has 0 bridgehead atoms. The molecule has 1 fully saturated rings. The highest BCUT2D eigenvalue weighted by Gasteiger charge is 2.36. The summed E-state index contributed by atoms with van der Waals surface area (Å²) in [6.07, 6.45) is 3.29. The van der Waals surface area contributed by atoms with Crippen LogP contribution in [0, 0.1) is 0 Å². The Morgan fingerprint density at radius 1 is 1.22 bits per heavy atom. The number of nitrogens with zero attached hydrogens (tertiary/aromatic N) is 1. The van der Waals surface area contributed by atoms with Crippen LogP contribution in [0.2, 0.25) is 5.02 Å². The fourth-order valence-corrected chi connectivity index (χ4v) is 3.77. The molecular weight excluding hydrogens is 504 g/mol. The molecule has 2 aromatic rings. The Morgan fingerprint density at radius 2 is 1.91 bits per heavy atom. The monoisotopic (exact) mass is 518 g/mol. The van der Waals surface area contributed by atoms with Crippen molar-refractivity contribution in [3.05, 3.63) is 75.2 Å². The van der Waals surface area contributed by atoms with E-state index < -0.39 is 30.4 Å². The van der Waals surface area contributed by atoms with Crippen molar-refractivity contribution in [1.82, 2.24) is 5.32 Å². The number of ether oxygens (including phenoxy) is 1. The van der Waals surface area contributed by atoms with E-state index in [9.17, 15) is 19.2 Å². The Morgan fingerprint density at radius 3 is 2.53 bits per heavy atom. The lowest BCUT2D eigenvalue weighted by Gasteiger charge is -2.26. The van der Waals surface area contributed by atoms with Crippen LogP contribution in [-0.2, 0) is 20.8 Å². The van der Waals surface area contributed by atoms with Gasteiger partial charge < -0.3 is 9.84 Å². The topological polar surface area (TPSA) is 113 Å². The largest absolute Gasteiger partial charge is 0.480 e. The number of imide groups is 2. The standard InChI is InChI=1S/C22H16BrClN2O6/c1-2-3-13-8-12(10-17(23)19(13)32-11-18(27)28)9-16-20(29)25-22(31)26(21(16)30)15-6-4-14(24)5-7-15/h2,4-10H,1,3,11H2,(H,27,28)(H,25,29,31)/b16-9+. The fourth-order valence-electron chi connectivity index (χ4n) is 3.01. The zero-order valence-electron chi connectivity index (χ0n) is 16.4. The molecule has 164 valence electrons. The SMILES string of the molecule is C=CCc1cc(/C=C2\C(=O)NC(=O)N(c3ccc(Cl)cc3)C2=O)cc(Br)c1OCC(=O)O. The normalized spacial score (nSPS) is 15.0. The van der Waals surface area contributed by atoms with Crippen LogP contribution < -0.4 is 15.0 Å². The number of halogens is 2. The van der Waals surface area contributed by atoms with Crippen LogP contribution in [0.25, 0.3) is 6.08 Å². The molecule has 10 heteroatoms. The van der Waals surface area contributed by atoms with Crippen molar-refractivity contribution < 1.29 is 29.0 Å². The molecule has 0 aromatic heterocycles. The van der Waals surface area contributed by atoms with Gasteiger partial charge in [-0.25, -0.2) is 14.5 Å². The summed E-state index contributed by atoms with van der Waals surface area (Å²) in [4.78, 5) is 49.4. The molecule has 1 aliphatic rings. The third-order valence-electron chi connectivity index (χ3n) is 4.34. The summed E-state index contributed by atoms with van der Waals surface area (Å²) >= 11 is 9.20. The summed E-state index contributed by atoms with van der Waals surface area (Å²) in [6, 6.07) is 8.35. The molecule has 1 aliphatic heterocycles. The lowest BCUT2D eigenvalue weighted by Crippen LogP contribution is -2.54. The van der Waals surface area contributed by atoms with Gasteiger partial charge in [-0.1, -0.05) is 17.7 Å². The number of carboxylic acid groups (broad SMARTS) is 1. The van der Waals surface area contributed by atoms with E-state index in [0.29, 0.717) is 32.8 Å². The zero-order chi connectivity index (χ0) is 23.4. The number of urea groups is 1. The summed E-state index contributed by atoms with van der Waals surface area (Å²) in [6.45, 7) is 3.14. The Labute approximate surface area is 196 Å². The number of aliphatic carboxylic acids is 1. The van der Waals surface area contributed by atoms with Crippen LogP contribution in [-0.4, -0.2) is 35.5 Å². The number of nitrogens with one attached hydrogen (secondary N) is 1. The van der Waals surface area contributed by atoms with Gasteiger partial charge in [-0.05, 0) is 76.0 Å². The maximum absolute atomic E-state index is 13.0. The van der Waals surface area contributed by atoms with Crippen molar-refractivity contribution in [3.8, 4) is 5.75 Å². The molecular formula is C22H16BrClN2O6. The molecule has 0 aliphatic carbocycles. The second kappa shape index (κ2) is 9.80. The van der Waals surface area contributed by atoms with E-state index in [-0.39, 0.29) is 11.3 Å². The molecule has 0 unspecified atom stereocenters. The van der Waals surface area contributed by atoms with Gasteiger partial charge in [-0.2, -0.15) is 0 Å². The van der Waals surface area contributed by atoms with Crippen LogP contribution in [0.15, 0.2) is 59.1 Å². The number of rotatable bonds is 7. The number of anilines is 1. The Hall–Kier alpha value is -3.43. The fraction of sp³-hybridized carbons (Fsp3) is 0.0909. The van der Waals surface area contributed by atoms with Gasteiger partial charge >= 0.3 is 12.0 Å². The van der Waals surface area contributed by atoms with Crippen LogP contribution in [0.5, 0.6) is 5.75 Å². The lowest BCUT2D eigenvalue weighted by molar-refractivity contribution is -0.139. The van der Waals surface area contributed by atoms with Gasteiger partial charge in [0, 0.05) is 5.02 Å². The molecule has 1 saturated heterocycles. The van der Waals surface area contributed by atoms with E-state index in [1.807, 2.05) is 0 Å². The summed E-state index contributed by atoms with van der Waals surface area (Å²) in [5.41, 5.74) is 1.05. The van der Waals surface area contributed by atoms with Crippen molar-refractivity contribution in [2.45, 2.75) is 6.42 Å². The summed E-state index contributed by atoms with van der Waals surface area (Å²) < 4.78 is 5.77. The number of hydrogen-bond acceptors (Lipinski definition) is 5. The first-order valence-electron chi connectivity index (χ1n) is 9.16. The highest BCUT2D eigenvalue weighted by atomic mass is 79.9. The molecule has 4 amide bonds. The van der Waals surface area contributed by atoms with Gasteiger partial charge in [0.15, 0.2) is 6.61 Å². The van der Waals surface area contributed by atoms with Gasteiger partial charge in [-0.15, -0.1) is 6.58 Å². The second-order valence-electron chi connectivity index (χ2n) is 6.60. The van der Waals surface area contributed by atoms with Crippen molar-refractivity contribution in [3.63, 3.8) is 0 Å². The number of carbonyl (C=O) groups excluding carboxylic acids is 3. The minimum Gasteiger partial charge on any atom is -0.480 e. The molecule has 1 heterocycles. The van der Waals surface area contributed by atoms with Crippen LogP contribution in [0.1, 0.15) is 11.1 Å². The van der Waals surface area contributed by atoms with Crippen LogP contribution in [0.3, 0.4) is 0 Å². The predicted octanol–water partition coefficient (Wildman–Crippen LogP) is 3.96. The number of amides is 4. The molecule has 0 radical (unpaired) electrons. The van der Waals surface area contributed by atoms with Gasteiger partial charge in [0.25, 0.3) is 11.8 Å². The number of carboxylic acids is 1. The van der Waals surface area contributed by atoms with E-state index >= 15 is 0 Å². The highest BCUT2D eigenvalue weighted by Crippen LogP contribution is 2.33. The maximum atomic E-state index is 13.0. The minimum atomic E-state index is -1.14. The number of carbonyl (C=O) groups is 4. The highest BCUT2D eigenvalue weighted by molar-refractivity contribution is 9.10. The Bertz CT molecular complexity index is 1160. The third kappa shape index (κ3) is 5.06. The Kier molecular flexibility index (Phi) is 7.12. The van der Waals surface area contributed by atoms with Crippen molar-refractivity contribution in [2.75, 3.05) is 11.5 Å². The number of allylic oxidation sites excluding steroid dienone is 1. The second-order valence-corrected chi connectivity index (χ2v) is 7.89. The molecule has 8 nitrogen and oxygen atoms in total. The molecule has 0 atom stereocenters. The molecule has 2 N–H and O–H groups in total. The first kappa shape index (κ1) is 23.2. The molecule has 32 heavy (non-hydrogen) atoms. The van der Waals surface area contributed by atoms with Gasteiger partial charge in [0.2, 0.25) is 0 Å². The average molecular weight is 520 g/mol. The van der Waals surface area contributed by atoms with E-state index in [0.717, 1.165) is 4.90 Å². The number of hydrogen-bond donors (Lipinski definition) is 2. The van der Waals surface area contributed by atoms with E-state index in [1.165, 1.54) is 30.3 Å². The molecule has 0 saturated carbocycles. The van der Waals surface area contributed by atoms with Gasteiger partial charge in [0.05, 0.1) is 10.2 Å². The first-order chi connectivity index (χ1) is 15.2. The van der Waals surface area contributed by atoms with E-state index in [4.69, 9.17) is 21.4 Å². The lowest BCUT2D eigenvalue weighted by atomic mass is 10.0. The maximum Gasteiger partial charge on any atom is 0.341 e. The predicted molar refractivity (Wildman–Crippen MR) is 122 cm³/mol. The van der Waals surface area contributed by atoms with E-state index in [1.54, 1.807) is 18.2 Å². The molecule has 2 aromatic carbocycles. The minimum absolute atomic E-state index is 0.251. The van der Waals surface area contributed by atoms with Gasteiger partial charge in [0.1, 0.15) is 11.3 Å². The average Bonchev–Trinajstić information content (AvgIpc) is 2.72. The Balaban J connectivity index is 2.01. The zero-order valence-corrected chi connectivity index (χ0v) is 18.8. The summed E-state index contributed by atoms with van der Waals surface area (Å²) in [5, 5.41) is 11.5. The quantitative estimate of drug-likeness (QED) is 0.325. The van der Waals surface area contributed by atoms with Crippen LogP contribution in [0.4, 0.5) is 10.5 Å². The molecule has 3 rings (SSSR count). The van der Waals surface area contributed by atoms with Crippen molar-refractivity contribution >= 4 is 63.1 Å². The van der Waals surface area contributed by atoms with Gasteiger partial charge in [-0.3, -0.25) is 14.9 Å². The van der Waals surface area contributed by atoms with E-state index in [2.05, 4.69) is 27.8 Å². The van der Waals surface area contributed by atoms with Crippen LogP contribution >= 0.6 is 27.5 Å². The first-order valence-corrected chi connectivity index (χ1v) is 10.3. The summed E-state index contributed by atoms with van der Waals surface area (Å²) in [5.74, 6) is -2.46. The smallest absolute Gasteiger partial charge is 0.341 e. The van der Waals surface area contributed by atoms with Crippen molar-refractivity contribution in [1.29, 1.82) is 0 Å². The van der Waals surface area contributed by atoms with Crippen molar-refractivity contribution in [2.24, 2.45) is 0 Å².